The first-order chi connectivity index (χ1) is 12.7. The quantitative estimate of drug-likeness (QED) is 0.775. The molecule has 3 aromatic rings. The molecule has 0 spiro atoms. The van der Waals surface area contributed by atoms with E-state index in [1.807, 2.05) is 24.3 Å². The van der Waals surface area contributed by atoms with Crippen LogP contribution in [0, 0.1) is 5.82 Å². The number of piperidine rings is 1. The van der Waals surface area contributed by atoms with E-state index in [4.69, 9.17) is 4.98 Å². The predicted molar refractivity (Wildman–Crippen MR) is 100.0 cm³/mol. The van der Waals surface area contributed by atoms with Gasteiger partial charge >= 0.3 is 0 Å². The summed E-state index contributed by atoms with van der Waals surface area (Å²) in [6.07, 6.45) is 3.34. The molecule has 2 aromatic carbocycles. The van der Waals surface area contributed by atoms with Gasteiger partial charge in [-0.15, -0.1) is 0 Å². The van der Waals surface area contributed by atoms with Crippen molar-refractivity contribution in [2.24, 2.45) is 0 Å². The van der Waals surface area contributed by atoms with Crippen molar-refractivity contribution in [1.82, 2.24) is 9.97 Å². The van der Waals surface area contributed by atoms with Crippen LogP contribution in [0.2, 0.25) is 0 Å². The van der Waals surface area contributed by atoms with E-state index in [1.165, 1.54) is 30.7 Å². The number of anilines is 2. The molecule has 1 aliphatic rings. The third-order valence-electron chi connectivity index (χ3n) is 4.52. The first-order valence-corrected chi connectivity index (χ1v) is 8.79. The van der Waals surface area contributed by atoms with Gasteiger partial charge in [0.2, 0.25) is 0 Å². The van der Waals surface area contributed by atoms with Crippen molar-refractivity contribution in [2.45, 2.75) is 19.3 Å². The average molecular weight is 350 g/mol. The van der Waals surface area contributed by atoms with Crippen LogP contribution < -0.4 is 10.2 Å². The zero-order valence-corrected chi connectivity index (χ0v) is 14.3. The summed E-state index contributed by atoms with van der Waals surface area (Å²) in [7, 11) is 0. The number of rotatable bonds is 3. The number of fused-ring (bicyclic) bond motifs is 1. The molecule has 6 heteroatoms. The fraction of sp³-hybridized carbons (Fsp3) is 0.250. The zero-order valence-electron chi connectivity index (χ0n) is 14.3. The van der Waals surface area contributed by atoms with Crippen LogP contribution in [0.15, 0.2) is 48.5 Å². The summed E-state index contributed by atoms with van der Waals surface area (Å²) in [6.45, 7) is 1.73. The van der Waals surface area contributed by atoms with E-state index in [0.29, 0.717) is 22.7 Å². The highest BCUT2D eigenvalue weighted by Gasteiger charge is 2.22. The molecule has 0 unspecified atom stereocenters. The van der Waals surface area contributed by atoms with Crippen molar-refractivity contribution in [3.05, 3.63) is 60.0 Å². The van der Waals surface area contributed by atoms with Crippen molar-refractivity contribution in [2.75, 3.05) is 23.3 Å². The number of benzene rings is 2. The Balaban J connectivity index is 1.73. The highest BCUT2D eigenvalue weighted by molar-refractivity contribution is 6.07. The number of carbonyl (C=O) groups is 1. The Morgan fingerprint density at radius 2 is 1.58 bits per heavy atom. The molecule has 1 fully saturated rings. The van der Waals surface area contributed by atoms with Crippen LogP contribution in [0.1, 0.15) is 29.8 Å². The molecular formula is C20H19FN4O. The smallest absolute Gasteiger partial charge is 0.278 e. The highest BCUT2D eigenvalue weighted by Crippen LogP contribution is 2.24. The van der Waals surface area contributed by atoms with Gasteiger partial charge in [-0.05, 0) is 55.7 Å². The van der Waals surface area contributed by atoms with Crippen molar-refractivity contribution in [1.29, 1.82) is 0 Å². The lowest BCUT2D eigenvalue weighted by atomic mass is 10.1. The van der Waals surface area contributed by atoms with E-state index in [9.17, 15) is 9.18 Å². The molecular weight excluding hydrogens is 331 g/mol. The van der Waals surface area contributed by atoms with Gasteiger partial charge in [0.25, 0.3) is 5.91 Å². The Hall–Kier alpha value is -3.02. The van der Waals surface area contributed by atoms with Gasteiger partial charge in [-0.1, -0.05) is 12.1 Å². The van der Waals surface area contributed by atoms with Gasteiger partial charge in [-0.2, -0.15) is 0 Å². The molecule has 0 saturated carbocycles. The van der Waals surface area contributed by atoms with Crippen LogP contribution in [-0.4, -0.2) is 29.0 Å². The minimum atomic E-state index is -0.345. The number of carbonyl (C=O) groups excluding carboxylic acids is 1. The first kappa shape index (κ1) is 16.4. The minimum Gasteiger partial charge on any atom is -0.355 e. The molecule has 0 bridgehead atoms. The van der Waals surface area contributed by atoms with Gasteiger partial charge in [0.1, 0.15) is 5.82 Å². The van der Waals surface area contributed by atoms with Crippen LogP contribution >= 0.6 is 0 Å². The van der Waals surface area contributed by atoms with E-state index in [-0.39, 0.29) is 11.7 Å². The molecule has 1 amide bonds. The third kappa shape index (κ3) is 3.35. The number of hydrogen-bond donors (Lipinski definition) is 1. The Kier molecular flexibility index (Phi) is 4.48. The predicted octanol–water partition coefficient (Wildman–Crippen LogP) is 4.01. The summed E-state index contributed by atoms with van der Waals surface area (Å²) < 4.78 is 13.1. The number of nitrogens with one attached hydrogen (secondary N) is 1. The molecule has 5 nitrogen and oxygen atoms in total. The van der Waals surface area contributed by atoms with Crippen molar-refractivity contribution in [3.63, 3.8) is 0 Å². The van der Waals surface area contributed by atoms with Crippen molar-refractivity contribution >= 4 is 28.4 Å². The topological polar surface area (TPSA) is 58.1 Å². The summed E-state index contributed by atoms with van der Waals surface area (Å²) in [5, 5.41) is 2.79. The molecule has 0 radical (unpaired) electrons. The van der Waals surface area contributed by atoms with Crippen LogP contribution in [-0.2, 0) is 0 Å². The highest BCUT2D eigenvalue weighted by atomic mass is 19.1. The van der Waals surface area contributed by atoms with E-state index < -0.39 is 0 Å². The van der Waals surface area contributed by atoms with Crippen LogP contribution in [0.4, 0.5) is 15.9 Å². The Morgan fingerprint density at radius 3 is 2.27 bits per heavy atom. The van der Waals surface area contributed by atoms with Gasteiger partial charge in [0.05, 0.1) is 11.0 Å². The second-order valence-corrected chi connectivity index (χ2v) is 6.39. The second kappa shape index (κ2) is 7.07. The van der Waals surface area contributed by atoms with Gasteiger partial charge in [-0.3, -0.25) is 4.79 Å². The minimum absolute atomic E-state index is 0.301. The van der Waals surface area contributed by atoms with Gasteiger partial charge in [0, 0.05) is 18.8 Å². The second-order valence-electron chi connectivity index (χ2n) is 6.39. The summed E-state index contributed by atoms with van der Waals surface area (Å²) in [4.78, 5) is 24.3. The summed E-state index contributed by atoms with van der Waals surface area (Å²) >= 11 is 0. The largest absolute Gasteiger partial charge is 0.355 e. The van der Waals surface area contributed by atoms with Gasteiger partial charge in [0.15, 0.2) is 11.5 Å². The maximum absolute atomic E-state index is 13.1. The number of amides is 1. The standard InChI is InChI=1S/C20H19FN4O/c21-14-8-10-15(11-9-14)22-20(26)18-19(25-12-4-1-5-13-25)24-17-7-3-2-6-16(17)23-18/h2-3,6-11H,1,4-5,12-13H2,(H,22,26). The van der Waals surface area contributed by atoms with E-state index in [2.05, 4.69) is 15.2 Å². The first-order valence-electron chi connectivity index (χ1n) is 8.79. The number of halogens is 1. The molecule has 1 saturated heterocycles. The molecule has 0 atom stereocenters. The number of aromatic nitrogens is 2. The molecule has 2 heterocycles. The normalized spacial score (nSPS) is 14.4. The van der Waals surface area contributed by atoms with Crippen molar-refractivity contribution in [3.8, 4) is 0 Å². The Bertz CT molecular complexity index is 936. The maximum Gasteiger partial charge on any atom is 0.278 e. The van der Waals surface area contributed by atoms with Crippen LogP contribution in [0.3, 0.4) is 0 Å². The average Bonchev–Trinajstić information content (AvgIpc) is 2.69. The van der Waals surface area contributed by atoms with Gasteiger partial charge in [-0.25, -0.2) is 14.4 Å². The molecule has 1 aromatic heterocycles. The fourth-order valence-electron chi connectivity index (χ4n) is 3.19. The fourth-order valence-corrected chi connectivity index (χ4v) is 3.19. The van der Waals surface area contributed by atoms with E-state index >= 15 is 0 Å². The van der Waals surface area contributed by atoms with Crippen molar-refractivity contribution < 1.29 is 9.18 Å². The number of hydrogen-bond acceptors (Lipinski definition) is 4. The monoisotopic (exact) mass is 350 g/mol. The maximum atomic E-state index is 13.1. The molecule has 26 heavy (non-hydrogen) atoms. The van der Waals surface area contributed by atoms with Crippen LogP contribution in [0.5, 0.6) is 0 Å². The van der Waals surface area contributed by atoms with Crippen LogP contribution in [0.25, 0.3) is 11.0 Å². The van der Waals surface area contributed by atoms with E-state index in [1.54, 1.807) is 0 Å². The lowest BCUT2D eigenvalue weighted by Gasteiger charge is -2.29. The third-order valence-corrected chi connectivity index (χ3v) is 4.52. The molecule has 1 aliphatic heterocycles. The SMILES string of the molecule is O=C(Nc1ccc(F)cc1)c1nc2ccccc2nc1N1CCCCC1. The summed E-state index contributed by atoms with van der Waals surface area (Å²) in [6, 6.07) is 13.2. The number of nitrogens with zero attached hydrogens (tertiary/aromatic N) is 3. The lowest BCUT2D eigenvalue weighted by molar-refractivity contribution is 0.102. The van der Waals surface area contributed by atoms with Gasteiger partial charge < -0.3 is 10.2 Å². The van der Waals surface area contributed by atoms with E-state index in [0.717, 1.165) is 31.4 Å². The Morgan fingerprint density at radius 1 is 0.923 bits per heavy atom. The molecule has 1 N–H and O–H groups in total. The molecule has 132 valence electrons. The molecule has 4 rings (SSSR count). The summed E-state index contributed by atoms with van der Waals surface area (Å²) in [5.74, 6) is -0.0686. The summed E-state index contributed by atoms with van der Waals surface area (Å²) in [5.41, 5.74) is 2.27. The zero-order chi connectivity index (χ0) is 17.9. The molecule has 0 aliphatic carbocycles. The lowest BCUT2D eigenvalue weighted by Crippen LogP contribution is -2.33. The Labute approximate surface area is 150 Å². The number of para-hydroxylation sites is 2.